The monoisotopic (exact) mass is 423 g/mol. The Labute approximate surface area is 176 Å². The molecule has 0 radical (unpaired) electrons. The van der Waals surface area contributed by atoms with Gasteiger partial charge in [0, 0.05) is 17.4 Å². The molecule has 0 saturated heterocycles. The van der Waals surface area contributed by atoms with Crippen molar-refractivity contribution in [2.75, 3.05) is 11.6 Å². The number of fused-ring (bicyclic) bond motifs is 1. The molecule has 1 unspecified atom stereocenters. The summed E-state index contributed by atoms with van der Waals surface area (Å²) in [5.74, 6) is 0.304. The second-order valence-corrected chi connectivity index (χ2v) is 9.95. The van der Waals surface area contributed by atoms with Gasteiger partial charge in [0.05, 0.1) is 17.1 Å². The lowest BCUT2D eigenvalue weighted by molar-refractivity contribution is 0.102. The van der Waals surface area contributed by atoms with Crippen LogP contribution in [0.4, 0.5) is 5.82 Å². The molecule has 1 aliphatic carbocycles. The number of carbonyl (C=O) groups excluding carboxylic acids is 1. The zero-order chi connectivity index (χ0) is 21.5. The van der Waals surface area contributed by atoms with Crippen molar-refractivity contribution < 1.29 is 13.2 Å². The number of anilines is 1. The summed E-state index contributed by atoms with van der Waals surface area (Å²) in [5.41, 5.74) is 4.47. The normalized spacial score (nSPS) is 16.2. The number of aryl methyl sites for hydroxylation is 3. The first-order valence-corrected chi connectivity index (χ1v) is 11.9. The van der Waals surface area contributed by atoms with Crippen LogP contribution >= 0.6 is 0 Å². The average Bonchev–Trinajstić information content (AvgIpc) is 3.07. The number of sulfone groups is 1. The predicted octanol–water partition coefficient (Wildman–Crippen LogP) is 4.08. The van der Waals surface area contributed by atoms with Crippen LogP contribution in [0.3, 0.4) is 0 Å². The average molecular weight is 424 g/mol. The quantitative estimate of drug-likeness (QED) is 0.686. The molecule has 1 aromatic heterocycles. The van der Waals surface area contributed by atoms with Gasteiger partial charge in [0.25, 0.3) is 5.91 Å². The van der Waals surface area contributed by atoms with Crippen LogP contribution in [0.2, 0.25) is 0 Å². The molecule has 1 N–H and O–H groups in total. The number of carbonyl (C=O) groups is 1. The van der Waals surface area contributed by atoms with Gasteiger partial charge in [-0.3, -0.25) is 4.79 Å². The third kappa shape index (κ3) is 3.77. The highest BCUT2D eigenvalue weighted by molar-refractivity contribution is 7.90. The highest BCUT2D eigenvalue weighted by Gasteiger charge is 2.26. The van der Waals surface area contributed by atoms with Crippen LogP contribution in [0.1, 0.15) is 51.5 Å². The summed E-state index contributed by atoms with van der Waals surface area (Å²) in [6, 6.07) is 13.0. The van der Waals surface area contributed by atoms with Crippen molar-refractivity contribution >= 4 is 21.6 Å². The molecule has 7 heteroatoms. The summed E-state index contributed by atoms with van der Waals surface area (Å²) >= 11 is 0. The molecule has 1 amide bonds. The second kappa shape index (κ2) is 7.72. The number of nitrogens with zero attached hydrogens (tertiary/aromatic N) is 2. The SMILES string of the molecule is Cc1ccc(S(C)(=O)=O)cc1C(=O)Nc1c(C)cnn1C1CCCc2ccccc21. The van der Waals surface area contributed by atoms with E-state index in [1.165, 1.54) is 23.3 Å². The van der Waals surface area contributed by atoms with Gasteiger partial charge in [0.1, 0.15) is 5.82 Å². The first-order chi connectivity index (χ1) is 14.3. The molecule has 1 heterocycles. The van der Waals surface area contributed by atoms with Crippen molar-refractivity contribution in [2.24, 2.45) is 0 Å². The van der Waals surface area contributed by atoms with Crippen LogP contribution in [0, 0.1) is 13.8 Å². The number of nitrogens with one attached hydrogen (secondary N) is 1. The fourth-order valence-corrected chi connectivity index (χ4v) is 4.72. The summed E-state index contributed by atoms with van der Waals surface area (Å²) in [4.78, 5) is 13.2. The largest absolute Gasteiger partial charge is 0.307 e. The van der Waals surface area contributed by atoms with Crippen molar-refractivity contribution in [3.8, 4) is 0 Å². The molecule has 0 bridgehead atoms. The summed E-state index contributed by atoms with van der Waals surface area (Å²) in [6.45, 7) is 3.70. The number of aromatic nitrogens is 2. The van der Waals surface area contributed by atoms with E-state index in [9.17, 15) is 13.2 Å². The van der Waals surface area contributed by atoms with Crippen LogP contribution in [0.5, 0.6) is 0 Å². The van der Waals surface area contributed by atoms with Gasteiger partial charge >= 0.3 is 0 Å². The Kier molecular flexibility index (Phi) is 5.24. The van der Waals surface area contributed by atoms with Crippen LogP contribution < -0.4 is 5.32 Å². The van der Waals surface area contributed by atoms with E-state index in [1.54, 1.807) is 19.2 Å². The summed E-state index contributed by atoms with van der Waals surface area (Å²) < 4.78 is 25.7. The molecule has 4 rings (SSSR count). The maximum absolute atomic E-state index is 13.1. The minimum atomic E-state index is -3.40. The van der Waals surface area contributed by atoms with Crippen molar-refractivity contribution in [3.05, 3.63) is 76.5 Å². The maximum Gasteiger partial charge on any atom is 0.257 e. The molecular weight excluding hydrogens is 398 g/mol. The highest BCUT2D eigenvalue weighted by Crippen LogP contribution is 2.35. The van der Waals surface area contributed by atoms with Crippen molar-refractivity contribution in [2.45, 2.75) is 44.0 Å². The van der Waals surface area contributed by atoms with E-state index in [0.29, 0.717) is 16.9 Å². The predicted molar refractivity (Wildman–Crippen MR) is 117 cm³/mol. The first-order valence-electron chi connectivity index (χ1n) is 9.99. The Hall–Kier alpha value is -2.93. The van der Waals surface area contributed by atoms with E-state index in [1.807, 2.05) is 17.7 Å². The van der Waals surface area contributed by atoms with Crippen molar-refractivity contribution in [1.82, 2.24) is 9.78 Å². The molecular formula is C23H25N3O3S. The van der Waals surface area contributed by atoms with Gasteiger partial charge < -0.3 is 5.32 Å². The third-order valence-electron chi connectivity index (χ3n) is 5.73. The third-order valence-corrected chi connectivity index (χ3v) is 6.84. The molecule has 0 aliphatic heterocycles. The van der Waals surface area contributed by atoms with E-state index in [2.05, 4.69) is 28.6 Å². The lowest BCUT2D eigenvalue weighted by atomic mass is 9.88. The van der Waals surface area contributed by atoms with E-state index < -0.39 is 9.84 Å². The smallest absolute Gasteiger partial charge is 0.257 e. The Morgan fingerprint density at radius 3 is 2.67 bits per heavy atom. The molecule has 3 aromatic rings. The fourth-order valence-electron chi connectivity index (χ4n) is 4.07. The Balaban J connectivity index is 1.70. The van der Waals surface area contributed by atoms with Gasteiger partial charge in [0.15, 0.2) is 9.84 Å². The Bertz CT molecular complexity index is 1230. The molecule has 2 aromatic carbocycles. The molecule has 1 atom stereocenters. The molecule has 0 fully saturated rings. The zero-order valence-corrected chi connectivity index (χ0v) is 18.2. The second-order valence-electron chi connectivity index (χ2n) is 7.93. The topological polar surface area (TPSA) is 81.1 Å². The van der Waals surface area contributed by atoms with Crippen LogP contribution in [0.25, 0.3) is 0 Å². The van der Waals surface area contributed by atoms with Crippen molar-refractivity contribution in [1.29, 1.82) is 0 Å². The van der Waals surface area contributed by atoms with Crippen LogP contribution in [-0.4, -0.2) is 30.4 Å². The molecule has 0 spiro atoms. The van der Waals surface area contributed by atoms with E-state index in [0.717, 1.165) is 31.1 Å². The number of amides is 1. The molecule has 0 saturated carbocycles. The summed E-state index contributed by atoms with van der Waals surface area (Å²) in [5, 5.41) is 7.56. The minimum Gasteiger partial charge on any atom is -0.307 e. The van der Waals surface area contributed by atoms with Crippen LogP contribution in [0.15, 0.2) is 53.6 Å². The summed E-state index contributed by atoms with van der Waals surface area (Å²) in [6.07, 6.45) is 5.95. The molecule has 30 heavy (non-hydrogen) atoms. The maximum atomic E-state index is 13.1. The molecule has 6 nitrogen and oxygen atoms in total. The van der Waals surface area contributed by atoms with E-state index in [4.69, 9.17) is 0 Å². The van der Waals surface area contributed by atoms with E-state index in [-0.39, 0.29) is 16.8 Å². The van der Waals surface area contributed by atoms with Gasteiger partial charge in [-0.2, -0.15) is 5.10 Å². The van der Waals surface area contributed by atoms with Gasteiger partial charge in [-0.15, -0.1) is 0 Å². The minimum absolute atomic E-state index is 0.0578. The fraction of sp³-hybridized carbons (Fsp3) is 0.304. The number of hydrogen-bond donors (Lipinski definition) is 1. The first kappa shape index (κ1) is 20.3. The number of hydrogen-bond acceptors (Lipinski definition) is 4. The van der Waals surface area contributed by atoms with Gasteiger partial charge in [-0.25, -0.2) is 13.1 Å². The number of rotatable bonds is 4. The van der Waals surface area contributed by atoms with E-state index >= 15 is 0 Å². The Morgan fingerprint density at radius 2 is 1.90 bits per heavy atom. The Morgan fingerprint density at radius 1 is 1.13 bits per heavy atom. The molecule has 1 aliphatic rings. The van der Waals surface area contributed by atoms with Gasteiger partial charge in [0.2, 0.25) is 0 Å². The standard InChI is InChI=1S/C23H25N3O3S/c1-15-11-12-18(30(3,28)29)13-20(15)23(27)25-22-16(2)14-24-26(22)21-10-6-8-17-7-4-5-9-19(17)21/h4-5,7,9,11-14,21H,6,8,10H2,1-3H3,(H,25,27). The highest BCUT2D eigenvalue weighted by atomic mass is 32.2. The summed E-state index contributed by atoms with van der Waals surface area (Å²) in [7, 11) is -3.40. The van der Waals surface area contributed by atoms with Gasteiger partial charge in [-0.1, -0.05) is 30.3 Å². The van der Waals surface area contributed by atoms with Crippen LogP contribution in [-0.2, 0) is 16.3 Å². The lowest BCUT2D eigenvalue weighted by Gasteiger charge is -2.27. The van der Waals surface area contributed by atoms with Crippen molar-refractivity contribution in [3.63, 3.8) is 0 Å². The zero-order valence-electron chi connectivity index (χ0n) is 17.3. The number of benzene rings is 2. The van der Waals surface area contributed by atoms with Gasteiger partial charge in [-0.05, 0) is 61.9 Å². The lowest BCUT2D eigenvalue weighted by Crippen LogP contribution is -2.23. The molecule has 156 valence electrons.